The van der Waals surface area contributed by atoms with Gasteiger partial charge in [-0.25, -0.2) is 15.0 Å². The standard InChI is InChI=1S/C19H22N6OS/c1-12-10-16(18-20-6-9-27-18)23-17(22-12)14-4-7-25(8-5-14)19(26)15-11-21-24(3)13(15)2/h6,9-11,14H,4-5,7-8H2,1-3H3. The van der Waals surface area contributed by atoms with Crippen LogP contribution in [0.3, 0.4) is 0 Å². The maximum absolute atomic E-state index is 12.8. The minimum Gasteiger partial charge on any atom is -0.338 e. The van der Waals surface area contributed by atoms with E-state index in [1.54, 1.807) is 28.4 Å². The van der Waals surface area contributed by atoms with Crippen molar-refractivity contribution in [3.8, 4) is 10.7 Å². The molecule has 0 aromatic carbocycles. The third kappa shape index (κ3) is 3.49. The Hall–Kier alpha value is -2.61. The van der Waals surface area contributed by atoms with Crippen LogP contribution in [0.15, 0.2) is 23.8 Å². The summed E-state index contributed by atoms with van der Waals surface area (Å²) in [5.41, 5.74) is 3.43. The van der Waals surface area contributed by atoms with E-state index in [-0.39, 0.29) is 11.8 Å². The van der Waals surface area contributed by atoms with Gasteiger partial charge in [-0.15, -0.1) is 11.3 Å². The summed E-state index contributed by atoms with van der Waals surface area (Å²) >= 11 is 1.58. The van der Waals surface area contributed by atoms with Crippen LogP contribution in [-0.2, 0) is 7.05 Å². The molecular weight excluding hydrogens is 360 g/mol. The van der Waals surface area contributed by atoms with Gasteiger partial charge in [-0.2, -0.15) is 5.10 Å². The highest BCUT2D eigenvalue weighted by Gasteiger charge is 2.28. The maximum atomic E-state index is 12.8. The summed E-state index contributed by atoms with van der Waals surface area (Å²) in [5.74, 6) is 1.19. The molecule has 27 heavy (non-hydrogen) atoms. The van der Waals surface area contributed by atoms with Gasteiger partial charge in [0, 0.05) is 49.0 Å². The zero-order chi connectivity index (χ0) is 19.0. The molecule has 140 valence electrons. The molecule has 0 N–H and O–H groups in total. The summed E-state index contributed by atoms with van der Waals surface area (Å²) in [5, 5.41) is 7.06. The normalized spacial score (nSPS) is 15.3. The number of thiazole rings is 1. The third-order valence-corrected chi connectivity index (χ3v) is 5.93. The molecule has 1 aliphatic rings. The van der Waals surface area contributed by atoms with Gasteiger partial charge < -0.3 is 4.90 Å². The van der Waals surface area contributed by atoms with Crippen molar-refractivity contribution in [3.63, 3.8) is 0 Å². The quantitative estimate of drug-likeness (QED) is 0.696. The van der Waals surface area contributed by atoms with E-state index in [1.807, 2.05) is 37.2 Å². The zero-order valence-corrected chi connectivity index (χ0v) is 16.5. The van der Waals surface area contributed by atoms with Crippen molar-refractivity contribution >= 4 is 17.2 Å². The fraction of sp³-hybridized carbons (Fsp3) is 0.421. The summed E-state index contributed by atoms with van der Waals surface area (Å²) < 4.78 is 1.74. The van der Waals surface area contributed by atoms with Crippen molar-refractivity contribution in [1.29, 1.82) is 0 Å². The Morgan fingerprint density at radius 1 is 1.22 bits per heavy atom. The van der Waals surface area contributed by atoms with Crippen LogP contribution in [0.25, 0.3) is 10.7 Å². The molecule has 7 nitrogen and oxygen atoms in total. The van der Waals surface area contributed by atoms with E-state index in [0.717, 1.165) is 40.8 Å². The summed E-state index contributed by atoms with van der Waals surface area (Å²) in [6.45, 7) is 5.34. The van der Waals surface area contributed by atoms with Gasteiger partial charge >= 0.3 is 0 Å². The first-order chi connectivity index (χ1) is 13.0. The molecule has 0 unspecified atom stereocenters. The van der Waals surface area contributed by atoms with E-state index >= 15 is 0 Å². The zero-order valence-electron chi connectivity index (χ0n) is 15.7. The first kappa shape index (κ1) is 17.8. The number of piperidine rings is 1. The van der Waals surface area contributed by atoms with Gasteiger partial charge in [0.1, 0.15) is 16.5 Å². The summed E-state index contributed by atoms with van der Waals surface area (Å²) in [4.78, 5) is 28.5. The maximum Gasteiger partial charge on any atom is 0.257 e. The molecular formula is C19H22N6OS. The Labute approximate surface area is 162 Å². The van der Waals surface area contributed by atoms with Crippen molar-refractivity contribution in [2.45, 2.75) is 32.6 Å². The lowest BCUT2D eigenvalue weighted by Crippen LogP contribution is -2.38. The van der Waals surface area contributed by atoms with Crippen molar-refractivity contribution in [2.75, 3.05) is 13.1 Å². The summed E-state index contributed by atoms with van der Waals surface area (Å²) in [6, 6.07) is 1.98. The van der Waals surface area contributed by atoms with Gasteiger partial charge in [-0.3, -0.25) is 9.48 Å². The monoisotopic (exact) mass is 382 g/mol. The molecule has 0 atom stereocenters. The van der Waals surface area contributed by atoms with Crippen LogP contribution in [0.5, 0.6) is 0 Å². The fourth-order valence-corrected chi connectivity index (χ4v) is 4.05. The van der Waals surface area contributed by atoms with E-state index in [2.05, 4.69) is 15.1 Å². The van der Waals surface area contributed by atoms with Crippen LogP contribution in [0.4, 0.5) is 0 Å². The van der Waals surface area contributed by atoms with E-state index in [9.17, 15) is 4.79 Å². The fourth-order valence-electron chi connectivity index (χ4n) is 3.45. The van der Waals surface area contributed by atoms with Gasteiger partial charge in [-0.05, 0) is 32.8 Å². The highest BCUT2D eigenvalue weighted by Crippen LogP contribution is 2.29. The second-order valence-electron chi connectivity index (χ2n) is 6.92. The SMILES string of the molecule is Cc1cc(-c2nccs2)nc(C2CCN(C(=O)c3cnn(C)c3C)CC2)n1. The number of carbonyl (C=O) groups is 1. The molecule has 0 saturated carbocycles. The average molecular weight is 382 g/mol. The minimum absolute atomic E-state index is 0.0627. The number of aromatic nitrogens is 5. The first-order valence-corrected chi connectivity index (χ1v) is 9.94. The topological polar surface area (TPSA) is 76.8 Å². The lowest BCUT2D eigenvalue weighted by molar-refractivity contribution is 0.0710. The summed E-state index contributed by atoms with van der Waals surface area (Å²) in [6.07, 6.45) is 5.19. The van der Waals surface area contributed by atoms with Gasteiger partial charge in [0.2, 0.25) is 0 Å². The molecule has 3 aromatic heterocycles. The van der Waals surface area contributed by atoms with E-state index in [1.165, 1.54) is 0 Å². The Kier molecular flexibility index (Phi) is 4.73. The van der Waals surface area contributed by atoms with Crippen LogP contribution < -0.4 is 0 Å². The number of aryl methyl sites for hydroxylation is 2. The van der Waals surface area contributed by atoms with E-state index in [0.29, 0.717) is 18.7 Å². The van der Waals surface area contributed by atoms with Crippen molar-refractivity contribution in [2.24, 2.45) is 7.05 Å². The summed E-state index contributed by atoms with van der Waals surface area (Å²) in [7, 11) is 1.85. The number of carbonyl (C=O) groups excluding carboxylic acids is 1. The smallest absolute Gasteiger partial charge is 0.257 e. The lowest BCUT2D eigenvalue weighted by Gasteiger charge is -2.31. The number of amides is 1. The van der Waals surface area contributed by atoms with Crippen molar-refractivity contribution < 1.29 is 4.79 Å². The Morgan fingerprint density at radius 3 is 2.63 bits per heavy atom. The molecule has 4 rings (SSSR count). The predicted octanol–water partition coefficient (Wildman–Crippen LogP) is 2.97. The van der Waals surface area contributed by atoms with Crippen molar-refractivity contribution in [3.05, 3.63) is 46.6 Å². The first-order valence-electron chi connectivity index (χ1n) is 9.06. The molecule has 0 radical (unpaired) electrons. The number of rotatable bonds is 3. The van der Waals surface area contributed by atoms with E-state index < -0.39 is 0 Å². The molecule has 1 aliphatic heterocycles. The van der Waals surface area contributed by atoms with Gasteiger partial charge in [0.15, 0.2) is 0 Å². The molecule has 1 saturated heterocycles. The second-order valence-corrected chi connectivity index (χ2v) is 7.82. The predicted molar refractivity (Wildman–Crippen MR) is 104 cm³/mol. The van der Waals surface area contributed by atoms with Crippen molar-refractivity contribution in [1.82, 2.24) is 29.6 Å². The molecule has 4 heterocycles. The Bertz CT molecular complexity index is 957. The van der Waals surface area contributed by atoms with E-state index in [4.69, 9.17) is 4.98 Å². The number of likely N-dealkylation sites (tertiary alicyclic amines) is 1. The molecule has 0 bridgehead atoms. The largest absolute Gasteiger partial charge is 0.338 e. The minimum atomic E-state index is 0.0627. The van der Waals surface area contributed by atoms with Gasteiger partial charge in [0.05, 0.1) is 11.8 Å². The molecule has 1 fully saturated rings. The number of hydrogen-bond donors (Lipinski definition) is 0. The molecule has 0 aliphatic carbocycles. The van der Waals surface area contributed by atoms with Gasteiger partial charge in [-0.1, -0.05) is 0 Å². The second kappa shape index (κ2) is 7.19. The Morgan fingerprint density at radius 2 is 2.00 bits per heavy atom. The Balaban J connectivity index is 1.48. The molecule has 8 heteroatoms. The highest BCUT2D eigenvalue weighted by molar-refractivity contribution is 7.13. The lowest BCUT2D eigenvalue weighted by atomic mass is 9.95. The highest BCUT2D eigenvalue weighted by atomic mass is 32.1. The third-order valence-electron chi connectivity index (χ3n) is 5.14. The number of hydrogen-bond acceptors (Lipinski definition) is 6. The molecule has 1 amide bonds. The van der Waals surface area contributed by atoms with Crippen LogP contribution in [0.2, 0.25) is 0 Å². The number of nitrogens with zero attached hydrogens (tertiary/aromatic N) is 6. The molecule has 0 spiro atoms. The average Bonchev–Trinajstić information content (AvgIpc) is 3.32. The van der Waals surface area contributed by atoms with Gasteiger partial charge in [0.25, 0.3) is 5.91 Å². The van der Waals surface area contributed by atoms with Crippen LogP contribution in [0, 0.1) is 13.8 Å². The molecule has 3 aromatic rings. The van der Waals surface area contributed by atoms with Crippen LogP contribution in [-0.4, -0.2) is 48.6 Å². The van der Waals surface area contributed by atoms with Crippen LogP contribution >= 0.6 is 11.3 Å². The van der Waals surface area contributed by atoms with Crippen LogP contribution in [0.1, 0.15) is 46.3 Å².